The van der Waals surface area contributed by atoms with Crippen molar-refractivity contribution >= 4 is 0 Å². The van der Waals surface area contributed by atoms with E-state index in [4.69, 9.17) is 10.1 Å². The molecule has 2 saturated carbocycles. The number of rotatable bonds is 8. The molecule has 2 fully saturated rings. The predicted octanol–water partition coefficient (Wildman–Crippen LogP) is 16.1. The van der Waals surface area contributed by atoms with Gasteiger partial charge in [0.15, 0.2) is 11.6 Å². The number of aryl methyl sites for hydroxylation is 5. The molecule has 3 nitrogen and oxygen atoms in total. The van der Waals surface area contributed by atoms with Crippen LogP contribution in [0.1, 0.15) is 146 Å². The highest BCUT2D eigenvalue weighted by Gasteiger charge is 2.62. The van der Waals surface area contributed by atoms with Gasteiger partial charge in [0.2, 0.25) is 0 Å². The van der Waals surface area contributed by atoms with Crippen LogP contribution in [0.25, 0.3) is 61.6 Å². The molecule has 0 amide bonds. The highest BCUT2D eigenvalue weighted by Crippen LogP contribution is 2.69. The Hall–Kier alpha value is -5.54. The summed E-state index contributed by atoms with van der Waals surface area (Å²) in [6, 6.07) is 38.4. The van der Waals surface area contributed by atoms with Crippen LogP contribution in [0.3, 0.4) is 0 Å². The van der Waals surface area contributed by atoms with Crippen molar-refractivity contribution in [2.45, 2.75) is 144 Å². The van der Waals surface area contributed by atoms with E-state index in [0.717, 1.165) is 23.6 Å². The van der Waals surface area contributed by atoms with E-state index in [0.29, 0.717) is 0 Å². The average molecular weight is 828 g/mol. The van der Waals surface area contributed by atoms with Crippen molar-refractivity contribution in [3.05, 3.63) is 159 Å². The Balaban J connectivity index is 1.17. The first-order chi connectivity index (χ1) is 30.2. The second kappa shape index (κ2) is 15.3. The number of hydrogen-bond donors (Lipinski definition) is 0. The minimum absolute atomic E-state index is 0.244. The van der Waals surface area contributed by atoms with Gasteiger partial charge in [-0.25, -0.2) is 9.67 Å². The SMILES string of the molecule is CCc1nc(-c2ccc3c(c2)-c2ccccc2C24CCCC32CCC4)n(-c2c(C(C)C)cc(-c3cc(-c4cc(C)c(C)c(C)c4)cc(-c4cc(C)c(C)c(C)c4)c3)cc2C(C)C)n1. The molecule has 63 heavy (non-hydrogen) atoms. The zero-order chi connectivity index (χ0) is 44.1. The molecular weight excluding hydrogens is 763 g/mol. The molecule has 0 N–H and O–H groups in total. The molecule has 0 aliphatic heterocycles. The number of benzene rings is 6. The normalized spacial score (nSPS) is 18.8. The molecule has 0 bridgehead atoms. The zero-order valence-corrected chi connectivity index (χ0v) is 39.7. The molecule has 10 rings (SSSR count). The number of fused-ring (bicyclic) bond motifs is 3. The predicted molar refractivity (Wildman–Crippen MR) is 266 cm³/mol. The lowest BCUT2D eigenvalue weighted by molar-refractivity contribution is 0.299. The molecule has 3 aliphatic carbocycles. The molecule has 0 atom stereocenters. The third-order valence-electron chi connectivity index (χ3n) is 16.2. The van der Waals surface area contributed by atoms with E-state index in [1.54, 1.807) is 11.1 Å². The quantitative estimate of drug-likeness (QED) is 0.153. The smallest absolute Gasteiger partial charge is 0.163 e. The van der Waals surface area contributed by atoms with E-state index in [1.807, 2.05) is 0 Å². The summed E-state index contributed by atoms with van der Waals surface area (Å²) in [7, 11) is 0. The second-order valence-corrected chi connectivity index (χ2v) is 20.4. The van der Waals surface area contributed by atoms with Gasteiger partial charge in [0.05, 0.1) is 5.69 Å². The summed E-state index contributed by atoms with van der Waals surface area (Å²) < 4.78 is 2.23. The Bertz CT molecular complexity index is 2810. The first kappa shape index (κ1) is 41.5. The van der Waals surface area contributed by atoms with Crippen LogP contribution in [-0.2, 0) is 17.3 Å². The summed E-state index contributed by atoms with van der Waals surface area (Å²) in [5.41, 5.74) is 27.0. The fraction of sp³-hybridized carbons (Fsp3) is 0.367. The molecule has 0 saturated heterocycles. The standard InChI is InChI=1S/C60H65N3/c1-12-56-61-58(43-19-20-55-53(32-43)50-17-13-14-18-54(50)59-21-15-23-60(55,59)24-16-22-59)63(62-56)57-51(35(2)3)33-49(34-52(57)36(4)5)48-30-46(44-25-37(6)41(10)38(7)26-44)29-47(31-48)45-27-39(8)42(11)40(9)28-45/h13-14,17-20,25-36H,12,15-16,21-24H2,1-11H3. The van der Waals surface area contributed by atoms with E-state index in [2.05, 4.69) is 178 Å². The lowest BCUT2D eigenvalue weighted by Gasteiger charge is -2.47. The highest BCUT2D eigenvalue weighted by molar-refractivity contribution is 5.85. The Morgan fingerprint density at radius 1 is 0.508 bits per heavy atom. The van der Waals surface area contributed by atoms with Gasteiger partial charge in [0.25, 0.3) is 0 Å². The fourth-order valence-corrected chi connectivity index (χ4v) is 12.5. The molecule has 6 aromatic carbocycles. The fourth-order valence-electron chi connectivity index (χ4n) is 12.5. The largest absolute Gasteiger partial charge is 0.212 e. The summed E-state index contributed by atoms with van der Waals surface area (Å²) in [6.45, 7) is 25.0. The Morgan fingerprint density at radius 2 is 0.952 bits per heavy atom. The molecule has 0 unspecified atom stereocenters. The van der Waals surface area contributed by atoms with Crippen LogP contribution in [-0.4, -0.2) is 14.8 Å². The molecule has 7 aromatic rings. The topological polar surface area (TPSA) is 30.7 Å². The van der Waals surface area contributed by atoms with Crippen LogP contribution in [0.2, 0.25) is 0 Å². The van der Waals surface area contributed by atoms with Crippen LogP contribution >= 0.6 is 0 Å². The van der Waals surface area contributed by atoms with Crippen molar-refractivity contribution in [2.75, 3.05) is 0 Å². The first-order valence-electron chi connectivity index (χ1n) is 23.9. The van der Waals surface area contributed by atoms with Crippen molar-refractivity contribution < 1.29 is 0 Å². The second-order valence-electron chi connectivity index (χ2n) is 20.4. The zero-order valence-electron chi connectivity index (χ0n) is 39.7. The molecule has 3 heteroatoms. The first-order valence-corrected chi connectivity index (χ1v) is 23.9. The molecule has 3 aliphatic rings. The van der Waals surface area contributed by atoms with Crippen molar-refractivity contribution in [1.29, 1.82) is 0 Å². The number of aromatic nitrogens is 3. The van der Waals surface area contributed by atoms with E-state index in [-0.39, 0.29) is 22.7 Å². The summed E-state index contributed by atoms with van der Waals surface area (Å²) in [5, 5.41) is 5.38. The van der Waals surface area contributed by atoms with E-state index < -0.39 is 0 Å². The molecular formula is C60H65N3. The molecule has 0 spiro atoms. The van der Waals surface area contributed by atoms with Gasteiger partial charge in [-0.15, -0.1) is 0 Å². The summed E-state index contributed by atoms with van der Waals surface area (Å²) in [5.74, 6) is 2.32. The average Bonchev–Trinajstić information content (AvgIpc) is 4.00. The maximum atomic E-state index is 5.38. The summed E-state index contributed by atoms with van der Waals surface area (Å²) in [6.07, 6.45) is 8.63. The lowest BCUT2D eigenvalue weighted by atomic mass is 9.55. The lowest BCUT2D eigenvalue weighted by Crippen LogP contribution is -2.43. The summed E-state index contributed by atoms with van der Waals surface area (Å²) >= 11 is 0. The van der Waals surface area contributed by atoms with Crippen LogP contribution in [0.5, 0.6) is 0 Å². The molecule has 1 aromatic heterocycles. The van der Waals surface area contributed by atoms with Gasteiger partial charge in [0.1, 0.15) is 0 Å². The van der Waals surface area contributed by atoms with Gasteiger partial charge in [-0.2, -0.15) is 5.10 Å². The van der Waals surface area contributed by atoms with Crippen molar-refractivity contribution in [1.82, 2.24) is 14.8 Å². The van der Waals surface area contributed by atoms with Gasteiger partial charge < -0.3 is 0 Å². The van der Waals surface area contributed by atoms with Crippen molar-refractivity contribution in [2.24, 2.45) is 0 Å². The molecule has 320 valence electrons. The molecule has 1 heterocycles. The van der Waals surface area contributed by atoms with Gasteiger partial charge in [-0.1, -0.05) is 108 Å². The van der Waals surface area contributed by atoms with Crippen LogP contribution in [0, 0.1) is 41.5 Å². The van der Waals surface area contributed by atoms with Gasteiger partial charge in [-0.05, 0) is 216 Å². The van der Waals surface area contributed by atoms with E-state index in [9.17, 15) is 0 Å². The highest BCUT2D eigenvalue weighted by atomic mass is 15.4. The monoisotopic (exact) mass is 828 g/mol. The number of hydrogen-bond acceptors (Lipinski definition) is 2. The van der Waals surface area contributed by atoms with Gasteiger partial charge in [0, 0.05) is 22.8 Å². The van der Waals surface area contributed by atoms with Crippen molar-refractivity contribution in [3.63, 3.8) is 0 Å². The van der Waals surface area contributed by atoms with Crippen LogP contribution in [0.4, 0.5) is 0 Å². The summed E-state index contributed by atoms with van der Waals surface area (Å²) in [4.78, 5) is 5.37. The van der Waals surface area contributed by atoms with E-state index in [1.165, 1.54) is 133 Å². The Labute approximate surface area is 377 Å². The maximum absolute atomic E-state index is 5.38. The Kier molecular flexibility index (Phi) is 10.1. The third kappa shape index (κ3) is 6.42. The third-order valence-corrected chi connectivity index (χ3v) is 16.2. The maximum Gasteiger partial charge on any atom is 0.163 e. The minimum atomic E-state index is 0.244. The van der Waals surface area contributed by atoms with Gasteiger partial charge in [-0.3, -0.25) is 0 Å². The minimum Gasteiger partial charge on any atom is -0.212 e. The van der Waals surface area contributed by atoms with Crippen molar-refractivity contribution in [3.8, 4) is 61.6 Å². The van der Waals surface area contributed by atoms with Crippen LogP contribution < -0.4 is 0 Å². The van der Waals surface area contributed by atoms with Gasteiger partial charge >= 0.3 is 0 Å². The Morgan fingerprint density at radius 3 is 1.43 bits per heavy atom. The number of nitrogens with zero attached hydrogens (tertiary/aromatic N) is 3. The molecule has 0 radical (unpaired) electrons. The van der Waals surface area contributed by atoms with E-state index >= 15 is 0 Å². The van der Waals surface area contributed by atoms with Crippen LogP contribution in [0.15, 0.2) is 97.1 Å².